The zero-order chi connectivity index (χ0) is 17.9. The van der Waals surface area contributed by atoms with E-state index in [1.807, 2.05) is 0 Å². The van der Waals surface area contributed by atoms with Gasteiger partial charge in [-0.3, -0.25) is 9.97 Å². The lowest BCUT2D eigenvalue weighted by atomic mass is 10.2. The highest BCUT2D eigenvalue weighted by Crippen LogP contribution is 2.31. The predicted octanol–water partition coefficient (Wildman–Crippen LogP) is 3.80. The Kier molecular flexibility index (Phi) is 4.51. The summed E-state index contributed by atoms with van der Waals surface area (Å²) in [5.74, 6) is -3.08. The molecule has 0 aliphatic rings. The Hall–Kier alpha value is -3.16. The van der Waals surface area contributed by atoms with Crippen LogP contribution in [-0.4, -0.2) is 27.0 Å². The monoisotopic (exact) mass is 343 g/mol. The molecule has 3 rings (SSSR count). The molecule has 3 heterocycles. The Labute approximate surface area is 143 Å². The van der Waals surface area contributed by atoms with Crippen LogP contribution >= 0.6 is 0 Å². The quantitative estimate of drug-likeness (QED) is 0.760. The predicted molar refractivity (Wildman–Crippen MR) is 88.9 cm³/mol. The van der Waals surface area contributed by atoms with Crippen molar-refractivity contribution in [1.82, 2.24) is 19.9 Å². The number of methoxy groups -OCH3 is 1. The number of halogens is 2. The van der Waals surface area contributed by atoms with Gasteiger partial charge in [0.2, 0.25) is 5.82 Å². The van der Waals surface area contributed by atoms with E-state index < -0.39 is 11.7 Å². The number of alkyl halides is 2. The van der Waals surface area contributed by atoms with Crippen molar-refractivity contribution < 1.29 is 13.5 Å². The minimum absolute atomic E-state index is 0.217. The van der Waals surface area contributed by atoms with Crippen molar-refractivity contribution in [2.24, 2.45) is 0 Å². The Morgan fingerprint density at radius 1 is 1.08 bits per heavy atom. The molecule has 8 heteroatoms. The molecule has 3 aromatic rings. The Balaban J connectivity index is 2.07. The van der Waals surface area contributed by atoms with E-state index in [-0.39, 0.29) is 5.82 Å². The van der Waals surface area contributed by atoms with Crippen LogP contribution in [0.5, 0.6) is 5.75 Å². The molecule has 0 aliphatic heterocycles. The molecular formula is C17H15F2N5O. The number of hydrogen-bond donors (Lipinski definition) is 1. The number of nitrogens with zero attached hydrogens (tertiary/aromatic N) is 4. The highest BCUT2D eigenvalue weighted by molar-refractivity contribution is 5.67. The van der Waals surface area contributed by atoms with Crippen molar-refractivity contribution in [3.05, 3.63) is 54.9 Å². The average Bonchev–Trinajstić information content (AvgIpc) is 2.62. The first-order chi connectivity index (χ1) is 12.0. The smallest absolute Gasteiger partial charge is 0.303 e. The zero-order valence-corrected chi connectivity index (χ0v) is 13.6. The highest BCUT2D eigenvalue weighted by Gasteiger charge is 2.29. The molecule has 0 fully saturated rings. The van der Waals surface area contributed by atoms with Gasteiger partial charge in [0.05, 0.1) is 24.7 Å². The van der Waals surface area contributed by atoms with Crippen LogP contribution in [0.15, 0.2) is 49.1 Å². The topological polar surface area (TPSA) is 72.8 Å². The molecule has 0 saturated heterocycles. The second-order valence-corrected chi connectivity index (χ2v) is 5.29. The second-order valence-electron chi connectivity index (χ2n) is 5.29. The fourth-order valence-electron chi connectivity index (χ4n) is 2.15. The number of hydrogen-bond acceptors (Lipinski definition) is 6. The summed E-state index contributed by atoms with van der Waals surface area (Å²) in [4.78, 5) is 15.9. The first kappa shape index (κ1) is 16.7. The summed E-state index contributed by atoms with van der Waals surface area (Å²) >= 11 is 0. The van der Waals surface area contributed by atoms with E-state index in [4.69, 9.17) is 4.74 Å². The maximum atomic E-state index is 13.8. The second kappa shape index (κ2) is 6.76. The SMILES string of the molecule is COc1cnccc1Nc1cc(-c2cccnc2)nc(C(C)(F)F)n1. The number of ether oxygens (including phenoxy) is 1. The van der Waals surface area contributed by atoms with Crippen LogP contribution in [0.4, 0.5) is 20.3 Å². The van der Waals surface area contributed by atoms with Gasteiger partial charge >= 0.3 is 5.92 Å². The molecule has 0 radical (unpaired) electrons. The van der Waals surface area contributed by atoms with Crippen LogP contribution in [0.3, 0.4) is 0 Å². The third kappa shape index (κ3) is 3.85. The number of pyridine rings is 2. The van der Waals surface area contributed by atoms with Gasteiger partial charge in [-0.25, -0.2) is 9.97 Å². The van der Waals surface area contributed by atoms with Gasteiger partial charge in [-0.2, -0.15) is 8.78 Å². The molecule has 128 valence electrons. The summed E-state index contributed by atoms with van der Waals surface area (Å²) in [5.41, 5.74) is 1.51. The highest BCUT2D eigenvalue weighted by atomic mass is 19.3. The molecule has 1 N–H and O–H groups in total. The summed E-state index contributed by atoms with van der Waals surface area (Å²) in [6.07, 6.45) is 6.22. The third-order valence-electron chi connectivity index (χ3n) is 3.34. The standard InChI is InChI=1S/C17H15F2N5O/c1-17(18,19)16-23-13(11-4-3-6-20-9-11)8-15(24-16)22-12-5-7-21-10-14(12)25-2/h3-10H,1-2H3,(H,21,22,23,24). The number of anilines is 2. The summed E-state index contributed by atoms with van der Waals surface area (Å²) in [6.45, 7) is 0.756. The van der Waals surface area contributed by atoms with Gasteiger partial charge in [-0.1, -0.05) is 0 Å². The lowest BCUT2D eigenvalue weighted by Gasteiger charge is -2.14. The van der Waals surface area contributed by atoms with Crippen LogP contribution in [0.1, 0.15) is 12.7 Å². The van der Waals surface area contributed by atoms with Crippen LogP contribution in [0.2, 0.25) is 0 Å². The van der Waals surface area contributed by atoms with Gasteiger partial charge < -0.3 is 10.1 Å². The number of aromatic nitrogens is 4. The molecular weight excluding hydrogens is 328 g/mol. The van der Waals surface area contributed by atoms with E-state index in [1.54, 1.807) is 42.9 Å². The van der Waals surface area contributed by atoms with Crippen molar-refractivity contribution in [2.75, 3.05) is 12.4 Å². The summed E-state index contributed by atoms with van der Waals surface area (Å²) in [5, 5.41) is 2.98. The van der Waals surface area contributed by atoms with Crippen molar-refractivity contribution >= 4 is 11.5 Å². The van der Waals surface area contributed by atoms with E-state index >= 15 is 0 Å². The van der Waals surface area contributed by atoms with E-state index in [0.717, 1.165) is 6.92 Å². The summed E-state index contributed by atoms with van der Waals surface area (Å²) in [6, 6.07) is 6.69. The van der Waals surface area contributed by atoms with Crippen molar-refractivity contribution in [3.63, 3.8) is 0 Å². The normalized spacial score (nSPS) is 11.2. The van der Waals surface area contributed by atoms with Crippen molar-refractivity contribution in [1.29, 1.82) is 0 Å². The fraction of sp³-hybridized carbons (Fsp3) is 0.176. The molecule has 0 amide bonds. The zero-order valence-electron chi connectivity index (χ0n) is 13.6. The first-order valence-corrected chi connectivity index (χ1v) is 7.40. The van der Waals surface area contributed by atoms with Gasteiger partial charge in [-0.15, -0.1) is 0 Å². The van der Waals surface area contributed by atoms with Crippen LogP contribution in [-0.2, 0) is 5.92 Å². The number of nitrogens with one attached hydrogen (secondary N) is 1. The van der Waals surface area contributed by atoms with Gasteiger partial charge in [0.25, 0.3) is 0 Å². The van der Waals surface area contributed by atoms with Gasteiger partial charge in [-0.05, 0) is 18.2 Å². The summed E-state index contributed by atoms with van der Waals surface area (Å²) in [7, 11) is 1.49. The van der Waals surface area contributed by atoms with Gasteiger partial charge in [0.1, 0.15) is 5.82 Å². The molecule has 3 aromatic heterocycles. The molecule has 0 atom stereocenters. The molecule has 0 unspecified atom stereocenters. The van der Waals surface area contributed by atoms with E-state index in [0.29, 0.717) is 22.7 Å². The molecule has 0 spiro atoms. The fourth-order valence-corrected chi connectivity index (χ4v) is 2.15. The van der Waals surface area contributed by atoms with E-state index in [2.05, 4.69) is 25.3 Å². The van der Waals surface area contributed by atoms with Crippen LogP contribution < -0.4 is 10.1 Å². The van der Waals surface area contributed by atoms with Gasteiger partial charge in [0.15, 0.2) is 5.75 Å². The number of rotatable bonds is 5. The maximum absolute atomic E-state index is 13.8. The lowest BCUT2D eigenvalue weighted by Crippen LogP contribution is -2.14. The molecule has 6 nitrogen and oxygen atoms in total. The molecule has 0 aromatic carbocycles. The summed E-state index contributed by atoms with van der Waals surface area (Å²) < 4.78 is 32.8. The molecule has 25 heavy (non-hydrogen) atoms. The van der Waals surface area contributed by atoms with E-state index in [9.17, 15) is 8.78 Å². The van der Waals surface area contributed by atoms with Gasteiger partial charge in [0, 0.05) is 37.1 Å². The van der Waals surface area contributed by atoms with Crippen molar-refractivity contribution in [3.8, 4) is 17.0 Å². The van der Waals surface area contributed by atoms with E-state index in [1.165, 1.54) is 13.3 Å². The first-order valence-electron chi connectivity index (χ1n) is 7.40. The third-order valence-corrected chi connectivity index (χ3v) is 3.34. The van der Waals surface area contributed by atoms with Crippen LogP contribution in [0, 0.1) is 0 Å². The minimum Gasteiger partial charge on any atom is -0.493 e. The largest absolute Gasteiger partial charge is 0.493 e. The molecule has 0 saturated carbocycles. The maximum Gasteiger partial charge on any atom is 0.303 e. The molecule has 0 bridgehead atoms. The molecule has 0 aliphatic carbocycles. The van der Waals surface area contributed by atoms with Crippen molar-refractivity contribution in [2.45, 2.75) is 12.8 Å². The Morgan fingerprint density at radius 2 is 1.88 bits per heavy atom. The Bertz CT molecular complexity index is 868. The lowest BCUT2D eigenvalue weighted by molar-refractivity contribution is 0.00795. The van der Waals surface area contributed by atoms with Crippen LogP contribution in [0.25, 0.3) is 11.3 Å². The average molecular weight is 343 g/mol. The minimum atomic E-state index is -3.18. The Morgan fingerprint density at radius 3 is 2.56 bits per heavy atom.